The smallest absolute Gasteiger partial charge is 0.319 e. The zero-order valence-corrected chi connectivity index (χ0v) is 10.1. The van der Waals surface area contributed by atoms with E-state index < -0.39 is 10.0 Å². The topological polar surface area (TPSA) is 112 Å². The summed E-state index contributed by atoms with van der Waals surface area (Å²) in [5.41, 5.74) is 0. The van der Waals surface area contributed by atoms with Crippen molar-refractivity contribution in [2.45, 2.75) is 18.6 Å². The zero-order valence-electron chi connectivity index (χ0n) is 9.30. The molecule has 0 unspecified atom stereocenters. The van der Waals surface area contributed by atoms with Gasteiger partial charge < -0.3 is 9.15 Å². The molecule has 17 heavy (non-hydrogen) atoms. The first-order valence-electron chi connectivity index (χ1n) is 4.91. The predicted octanol–water partition coefficient (Wildman–Crippen LogP) is -0.420. The molecular formula is C9H14N2O5S. The van der Waals surface area contributed by atoms with Crippen LogP contribution in [-0.4, -0.2) is 27.5 Å². The van der Waals surface area contributed by atoms with Crippen LogP contribution in [0.15, 0.2) is 21.6 Å². The maximum absolute atomic E-state index is 11.0. The van der Waals surface area contributed by atoms with E-state index in [1.807, 2.05) is 0 Å². The van der Waals surface area contributed by atoms with E-state index in [0.717, 1.165) is 0 Å². The number of esters is 1. The zero-order chi connectivity index (χ0) is 12.9. The van der Waals surface area contributed by atoms with Crippen molar-refractivity contribution in [2.75, 3.05) is 13.2 Å². The Morgan fingerprint density at radius 2 is 2.24 bits per heavy atom. The Kier molecular flexibility index (Phi) is 4.67. The van der Waals surface area contributed by atoms with Gasteiger partial charge in [0.05, 0.1) is 19.7 Å². The first-order valence-corrected chi connectivity index (χ1v) is 6.46. The predicted molar refractivity (Wildman–Crippen MR) is 58.4 cm³/mol. The first-order chi connectivity index (χ1) is 7.93. The summed E-state index contributed by atoms with van der Waals surface area (Å²) in [5.74, 6) is -0.0101. The highest BCUT2D eigenvalue weighted by atomic mass is 32.2. The third kappa shape index (κ3) is 4.55. The molecule has 1 aromatic heterocycles. The number of rotatable bonds is 6. The van der Waals surface area contributed by atoms with Gasteiger partial charge in [0, 0.05) is 0 Å². The van der Waals surface area contributed by atoms with Crippen LogP contribution in [0.4, 0.5) is 0 Å². The van der Waals surface area contributed by atoms with Gasteiger partial charge in [-0.3, -0.25) is 10.1 Å². The highest BCUT2D eigenvalue weighted by molar-refractivity contribution is 7.89. The summed E-state index contributed by atoms with van der Waals surface area (Å²) in [5, 5.41) is 7.32. The summed E-state index contributed by atoms with van der Waals surface area (Å²) in [4.78, 5) is 11.0. The van der Waals surface area contributed by atoms with Gasteiger partial charge in [-0.2, -0.15) is 0 Å². The third-order valence-electron chi connectivity index (χ3n) is 1.79. The Morgan fingerprint density at radius 3 is 2.76 bits per heavy atom. The van der Waals surface area contributed by atoms with Crippen LogP contribution in [-0.2, 0) is 26.1 Å². The molecule has 0 spiro atoms. The van der Waals surface area contributed by atoms with Crippen LogP contribution < -0.4 is 10.5 Å². The van der Waals surface area contributed by atoms with Crippen molar-refractivity contribution in [3.05, 3.63) is 17.9 Å². The van der Waals surface area contributed by atoms with Crippen LogP contribution in [0.2, 0.25) is 0 Å². The van der Waals surface area contributed by atoms with Crippen molar-refractivity contribution >= 4 is 16.0 Å². The minimum Gasteiger partial charge on any atom is -0.465 e. The van der Waals surface area contributed by atoms with Crippen LogP contribution in [0.5, 0.6) is 0 Å². The number of hydrogen-bond acceptors (Lipinski definition) is 6. The molecule has 8 heteroatoms. The molecule has 1 aromatic rings. The summed E-state index contributed by atoms with van der Waals surface area (Å²) >= 11 is 0. The molecule has 1 heterocycles. The van der Waals surface area contributed by atoms with Crippen LogP contribution in [0, 0.1) is 0 Å². The van der Waals surface area contributed by atoms with E-state index in [1.54, 1.807) is 6.92 Å². The maximum Gasteiger partial charge on any atom is 0.319 e. The van der Waals surface area contributed by atoms with E-state index in [9.17, 15) is 13.2 Å². The monoisotopic (exact) mass is 262 g/mol. The van der Waals surface area contributed by atoms with Crippen LogP contribution in [0.25, 0.3) is 0 Å². The van der Waals surface area contributed by atoms with Gasteiger partial charge in [-0.1, -0.05) is 0 Å². The Balaban J connectivity index is 2.43. The number of carbonyl (C=O) groups excluding carboxylic acids is 1. The number of hydrogen-bond donors (Lipinski definition) is 2. The van der Waals surface area contributed by atoms with E-state index >= 15 is 0 Å². The lowest BCUT2D eigenvalue weighted by molar-refractivity contribution is -0.142. The molecule has 96 valence electrons. The molecule has 0 bridgehead atoms. The van der Waals surface area contributed by atoms with Crippen LogP contribution >= 0.6 is 0 Å². The van der Waals surface area contributed by atoms with Crippen molar-refractivity contribution in [2.24, 2.45) is 5.14 Å². The van der Waals surface area contributed by atoms with Crippen LogP contribution in [0.3, 0.4) is 0 Å². The van der Waals surface area contributed by atoms with Gasteiger partial charge >= 0.3 is 5.97 Å². The molecule has 0 aliphatic carbocycles. The summed E-state index contributed by atoms with van der Waals surface area (Å²) in [6.07, 6.45) is 0. The summed E-state index contributed by atoms with van der Waals surface area (Å²) in [6.45, 7) is 2.27. The normalized spacial score (nSPS) is 11.4. The minimum absolute atomic E-state index is 0.0270. The molecule has 0 aromatic carbocycles. The van der Waals surface area contributed by atoms with Crippen molar-refractivity contribution in [3.8, 4) is 0 Å². The molecule has 3 N–H and O–H groups in total. The van der Waals surface area contributed by atoms with E-state index in [1.165, 1.54) is 12.1 Å². The number of ether oxygens (including phenoxy) is 1. The SMILES string of the molecule is CCOC(=O)CNCc1ccc(S(N)(=O)=O)o1. The lowest BCUT2D eigenvalue weighted by Gasteiger charge is -2.02. The quantitative estimate of drug-likeness (QED) is 0.673. The van der Waals surface area contributed by atoms with Crippen molar-refractivity contribution < 1.29 is 22.4 Å². The van der Waals surface area contributed by atoms with Gasteiger partial charge in [0.25, 0.3) is 10.0 Å². The van der Waals surface area contributed by atoms with Crippen molar-refractivity contribution in [1.82, 2.24) is 5.32 Å². The molecule has 0 saturated heterocycles. The third-order valence-corrected chi connectivity index (χ3v) is 2.57. The second-order valence-electron chi connectivity index (χ2n) is 3.17. The van der Waals surface area contributed by atoms with E-state index in [2.05, 4.69) is 5.32 Å². The molecule has 0 saturated carbocycles. The Bertz CT molecular complexity index is 479. The highest BCUT2D eigenvalue weighted by Gasteiger charge is 2.13. The van der Waals surface area contributed by atoms with Gasteiger partial charge in [-0.05, 0) is 19.1 Å². The van der Waals surface area contributed by atoms with Crippen molar-refractivity contribution in [3.63, 3.8) is 0 Å². The molecule has 0 aliphatic rings. The van der Waals surface area contributed by atoms with Gasteiger partial charge in [0.15, 0.2) is 0 Å². The molecule has 0 radical (unpaired) electrons. The number of primary sulfonamides is 1. The molecule has 0 atom stereocenters. The average Bonchev–Trinajstić information content (AvgIpc) is 2.66. The van der Waals surface area contributed by atoms with E-state index in [-0.39, 0.29) is 24.2 Å². The standard InChI is InChI=1S/C9H14N2O5S/c1-2-15-8(12)6-11-5-7-3-4-9(16-7)17(10,13)14/h3-4,11H,2,5-6H2,1H3,(H2,10,13,14). The van der Waals surface area contributed by atoms with Gasteiger partial charge in [0.2, 0.25) is 5.09 Å². The Labute approximate surface area is 99.0 Å². The van der Waals surface area contributed by atoms with Gasteiger partial charge in [-0.15, -0.1) is 0 Å². The molecule has 0 amide bonds. The number of carbonyl (C=O) groups is 1. The second-order valence-corrected chi connectivity index (χ2v) is 4.67. The van der Waals surface area contributed by atoms with E-state index in [0.29, 0.717) is 12.4 Å². The molecule has 7 nitrogen and oxygen atoms in total. The maximum atomic E-state index is 11.0. The molecular weight excluding hydrogens is 248 g/mol. The minimum atomic E-state index is -3.82. The number of sulfonamides is 1. The summed E-state index contributed by atoms with van der Waals surface area (Å²) < 4.78 is 31.5. The summed E-state index contributed by atoms with van der Waals surface area (Å²) in [7, 11) is -3.82. The van der Waals surface area contributed by atoms with Gasteiger partial charge in [-0.25, -0.2) is 13.6 Å². The molecule has 1 rings (SSSR count). The molecule has 0 aliphatic heterocycles. The largest absolute Gasteiger partial charge is 0.465 e. The fourth-order valence-electron chi connectivity index (χ4n) is 1.11. The number of nitrogens with one attached hydrogen (secondary N) is 1. The Hall–Kier alpha value is -1.38. The first kappa shape index (κ1) is 13.7. The fourth-order valence-corrected chi connectivity index (χ4v) is 1.59. The second kappa shape index (κ2) is 5.80. The number of nitrogens with two attached hydrogens (primary N) is 1. The van der Waals surface area contributed by atoms with Gasteiger partial charge in [0.1, 0.15) is 5.76 Å². The highest BCUT2D eigenvalue weighted by Crippen LogP contribution is 2.11. The van der Waals surface area contributed by atoms with E-state index in [4.69, 9.17) is 14.3 Å². The fraction of sp³-hybridized carbons (Fsp3) is 0.444. The summed E-state index contributed by atoms with van der Waals surface area (Å²) in [6, 6.07) is 2.73. The lowest BCUT2D eigenvalue weighted by atomic mass is 10.4. The number of furan rings is 1. The molecule has 0 fully saturated rings. The Morgan fingerprint density at radius 1 is 1.53 bits per heavy atom. The average molecular weight is 262 g/mol. The lowest BCUT2D eigenvalue weighted by Crippen LogP contribution is -2.24. The van der Waals surface area contributed by atoms with Crippen LogP contribution in [0.1, 0.15) is 12.7 Å². The van der Waals surface area contributed by atoms with Crippen molar-refractivity contribution in [1.29, 1.82) is 0 Å².